The van der Waals surface area contributed by atoms with Crippen molar-refractivity contribution in [3.8, 4) is 0 Å². The Kier molecular flexibility index (Phi) is 3.81. The number of halogens is 1. The second kappa shape index (κ2) is 5.91. The average molecular weight is 285 g/mol. The topological polar surface area (TPSA) is 36.4 Å². The highest BCUT2D eigenvalue weighted by atomic mass is 19.1. The van der Waals surface area contributed by atoms with E-state index in [0.29, 0.717) is 18.7 Å². The van der Waals surface area contributed by atoms with E-state index in [4.69, 9.17) is 0 Å². The van der Waals surface area contributed by atoms with Crippen LogP contribution < -0.4 is 4.90 Å². The van der Waals surface area contributed by atoms with Gasteiger partial charge in [-0.3, -0.25) is 9.78 Å². The van der Waals surface area contributed by atoms with Gasteiger partial charge in [-0.15, -0.1) is 0 Å². The Morgan fingerprint density at radius 1 is 1.05 bits per heavy atom. The number of rotatable bonds is 2. The quantitative estimate of drug-likeness (QED) is 0.848. The molecule has 0 N–H and O–H groups in total. The van der Waals surface area contributed by atoms with Crippen LogP contribution in [0, 0.1) is 5.82 Å². The van der Waals surface area contributed by atoms with Crippen LogP contribution in [0.5, 0.6) is 0 Å². The zero-order valence-corrected chi connectivity index (χ0v) is 11.6. The van der Waals surface area contributed by atoms with Crippen LogP contribution in [0.4, 0.5) is 10.1 Å². The van der Waals surface area contributed by atoms with Crippen molar-refractivity contribution in [2.24, 2.45) is 0 Å². The van der Waals surface area contributed by atoms with E-state index in [1.54, 1.807) is 29.4 Å². The van der Waals surface area contributed by atoms with Crippen LogP contribution in [0.2, 0.25) is 0 Å². The first kappa shape index (κ1) is 13.5. The van der Waals surface area contributed by atoms with Gasteiger partial charge < -0.3 is 9.80 Å². The molecule has 3 rings (SSSR count). The molecule has 2 aromatic rings. The summed E-state index contributed by atoms with van der Waals surface area (Å²) in [5.41, 5.74) is 1.52. The largest absolute Gasteiger partial charge is 0.368 e. The van der Waals surface area contributed by atoms with Gasteiger partial charge >= 0.3 is 0 Å². The van der Waals surface area contributed by atoms with Crippen molar-refractivity contribution in [2.45, 2.75) is 0 Å². The predicted molar refractivity (Wildman–Crippen MR) is 78.8 cm³/mol. The molecule has 0 spiro atoms. The minimum absolute atomic E-state index is 0.108. The number of carbonyl (C=O) groups is 1. The fraction of sp³-hybridized carbons (Fsp3) is 0.250. The first-order valence-corrected chi connectivity index (χ1v) is 6.94. The molecule has 1 saturated heterocycles. The molecule has 1 aromatic heterocycles. The Hall–Kier alpha value is -2.43. The summed E-state index contributed by atoms with van der Waals surface area (Å²) in [5, 5.41) is 0. The number of hydrogen-bond donors (Lipinski definition) is 0. The third-order valence-electron chi connectivity index (χ3n) is 3.67. The van der Waals surface area contributed by atoms with Crippen molar-refractivity contribution in [1.82, 2.24) is 9.88 Å². The van der Waals surface area contributed by atoms with E-state index in [9.17, 15) is 9.18 Å². The molecule has 108 valence electrons. The monoisotopic (exact) mass is 285 g/mol. The molecule has 4 nitrogen and oxygen atoms in total. The van der Waals surface area contributed by atoms with E-state index < -0.39 is 0 Å². The normalized spacial score (nSPS) is 15.1. The summed E-state index contributed by atoms with van der Waals surface area (Å²) < 4.78 is 13.2. The Balaban J connectivity index is 1.64. The summed E-state index contributed by atoms with van der Waals surface area (Å²) in [6.45, 7) is 2.81. The summed E-state index contributed by atoms with van der Waals surface area (Å²) in [6, 6.07) is 9.78. The molecule has 1 fully saturated rings. The van der Waals surface area contributed by atoms with Gasteiger partial charge in [0.15, 0.2) is 0 Å². The number of pyridine rings is 1. The summed E-state index contributed by atoms with van der Waals surface area (Å²) in [5.74, 6) is -0.486. The molecule has 0 saturated carbocycles. The van der Waals surface area contributed by atoms with Crippen LogP contribution in [-0.2, 0) is 0 Å². The van der Waals surface area contributed by atoms with Gasteiger partial charge in [0.2, 0.25) is 0 Å². The molecule has 0 bridgehead atoms. The minimum atomic E-state index is -0.378. The molecule has 1 aliphatic heterocycles. The third kappa shape index (κ3) is 3.02. The van der Waals surface area contributed by atoms with E-state index >= 15 is 0 Å². The Morgan fingerprint density at radius 3 is 2.43 bits per heavy atom. The standard InChI is InChI=1S/C16H16FN3O/c17-14-3-1-2-13(12-14)16(21)20-10-8-19(9-11-20)15-4-6-18-7-5-15/h1-7,12H,8-11H2. The van der Waals surface area contributed by atoms with Crippen LogP contribution in [0.25, 0.3) is 0 Å². The van der Waals surface area contributed by atoms with Gasteiger partial charge in [0, 0.05) is 49.8 Å². The molecule has 0 radical (unpaired) electrons. The van der Waals surface area contributed by atoms with E-state index in [-0.39, 0.29) is 11.7 Å². The zero-order chi connectivity index (χ0) is 14.7. The number of benzene rings is 1. The minimum Gasteiger partial charge on any atom is -0.368 e. The molecule has 5 heteroatoms. The van der Waals surface area contributed by atoms with Crippen LogP contribution >= 0.6 is 0 Å². The third-order valence-corrected chi connectivity index (χ3v) is 3.67. The molecule has 0 unspecified atom stereocenters. The number of amides is 1. The van der Waals surface area contributed by atoms with Gasteiger partial charge in [-0.1, -0.05) is 6.07 Å². The summed E-state index contributed by atoms with van der Waals surface area (Å²) in [4.78, 5) is 20.3. The molecule has 0 aliphatic carbocycles. The van der Waals surface area contributed by atoms with Crippen molar-refractivity contribution in [1.29, 1.82) is 0 Å². The smallest absolute Gasteiger partial charge is 0.254 e. The molecule has 0 atom stereocenters. The maximum Gasteiger partial charge on any atom is 0.254 e. The number of carbonyl (C=O) groups excluding carboxylic acids is 1. The van der Waals surface area contributed by atoms with Crippen molar-refractivity contribution >= 4 is 11.6 Å². The first-order chi connectivity index (χ1) is 10.2. The van der Waals surface area contributed by atoms with E-state index in [1.165, 1.54) is 12.1 Å². The van der Waals surface area contributed by atoms with Gasteiger partial charge in [-0.05, 0) is 30.3 Å². The highest BCUT2D eigenvalue weighted by Gasteiger charge is 2.22. The van der Waals surface area contributed by atoms with Gasteiger partial charge in [0.05, 0.1) is 0 Å². The second-order valence-electron chi connectivity index (χ2n) is 5.00. The van der Waals surface area contributed by atoms with Crippen LogP contribution in [0.15, 0.2) is 48.8 Å². The van der Waals surface area contributed by atoms with Gasteiger partial charge in [-0.2, -0.15) is 0 Å². The van der Waals surface area contributed by atoms with Gasteiger partial charge in [-0.25, -0.2) is 4.39 Å². The SMILES string of the molecule is O=C(c1cccc(F)c1)N1CCN(c2ccncc2)CC1. The van der Waals surface area contributed by atoms with Gasteiger partial charge in [0.25, 0.3) is 5.91 Å². The zero-order valence-electron chi connectivity index (χ0n) is 11.6. The number of aromatic nitrogens is 1. The van der Waals surface area contributed by atoms with Crippen molar-refractivity contribution in [2.75, 3.05) is 31.1 Å². The molecule has 1 amide bonds. The van der Waals surface area contributed by atoms with E-state index in [0.717, 1.165) is 18.8 Å². The average Bonchev–Trinajstić information content (AvgIpc) is 2.55. The molecular weight excluding hydrogens is 269 g/mol. The van der Waals surface area contributed by atoms with Gasteiger partial charge in [0.1, 0.15) is 5.82 Å². The van der Waals surface area contributed by atoms with Crippen LogP contribution in [0.1, 0.15) is 10.4 Å². The molecule has 2 heterocycles. The maximum absolute atomic E-state index is 13.2. The number of anilines is 1. The maximum atomic E-state index is 13.2. The molecule has 21 heavy (non-hydrogen) atoms. The second-order valence-corrected chi connectivity index (χ2v) is 5.00. The fourth-order valence-electron chi connectivity index (χ4n) is 2.53. The summed E-state index contributed by atoms with van der Waals surface area (Å²) >= 11 is 0. The molecular formula is C16H16FN3O. The lowest BCUT2D eigenvalue weighted by molar-refractivity contribution is 0.0746. The Morgan fingerprint density at radius 2 is 1.76 bits per heavy atom. The fourth-order valence-corrected chi connectivity index (χ4v) is 2.53. The first-order valence-electron chi connectivity index (χ1n) is 6.94. The lowest BCUT2D eigenvalue weighted by atomic mass is 10.1. The Labute approximate surface area is 122 Å². The van der Waals surface area contributed by atoms with Crippen LogP contribution in [0.3, 0.4) is 0 Å². The lowest BCUT2D eigenvalue weighted by Crippen LogP contribution is -2.48. The number of piperazine rings is 1. The molecule has 1 aromatic carbocycles. The van der Waals surface area contributed by atoms with Crippen molar-refractivity contribution < 1.29 is 9.18 Å². The summed E-state index contributed by atoms with van der Waals surface area (Å²) in [6.07, 6.45) is 3.53. The number of hydrogen-bond acceptors (Lipinski definition) is 3. The highest BCUT2D eigenvalue weighted by molar-refractivity contribution is 5.94. The van der Waals surface area contributed by atoms with Crippen molar-refractivity contribution in [3.63, 3.8) is 0 Å². The summed E-state index contributed by atoms with van der Waals surface area (Å²) in [7, 11) is 0. The van der Waals surface area contributed by atoms with E-state index in [2.05, 4.69) is 9.88 Å². The lowest BCUT2D eigenvalue weighted by Gasteiger charge is -2.36. The highest BCUT2D eigenvalue weighted by Crippen LogP contribution is 2.16. The van der Waals surface area contributed by atoms with Crippen LogP contribution in [-0.4, -0.2) is 42.0 Å². The van der Waals surface area contributed by atoms with Crippen molar-refractivity contribution in [3.05, 3.63) is 60.2 Å². The van der Waals surface area contributed by atoms with E-state index in [1.807, 2.05) is 12.1 Å². The number of nitrogens with zero attached hydrogens (tertiary/aromatic N) is 3. The Bertz CT molecular complexity index is 624. The predicted octanol–water partition coefficient (Wildman–Crippen LogP) is 2.18. The molecule has 1 aliphatic rings.